The topological polar surface area (TPSA) is 256 Å². The lowest BCUT2D eigenvalue weighted by Crippen LogP contribution is -2.69. The molecule has 0 aromatic heterocycles. The van der Waals surface area contributed by atoms with E-state index in [1.807, 2.05) is 13.8 Å². The van der Waals surface area contributed by atoms with Gasteiger partial charge in [-0.1, -0.05) is 46.3 Å². The van der Waals surface area contributed by atoms with E-state index < -0.39 is 114 Å². The monoisotopic (exact) mass is 812 g/mol. The first kappa shape index (κ1) is 43.8. The van der Waals surface area contributed by atoms with Crippen molar-refractivity contribution < 1.29 is 74.8 Å². The number of hydrogen-bond donors (Lipinski definition) is 10. The summed E-state index contributed by atoms with van der Waals surface area (Å²) < 4.78 is 23.7. The Bertz CT molecular complexity index is 1540. The van der Waals surface area contributed by atoms with Crippen LogP contribution in [0.1, 0.15) is 99.3 Å². The molecule has 6 fully saturated rings. The fourth-order valence-electron chi connectivity index (χ4n) is 13.8. The van der Waals surface area contributed by atoms with E-state index in [0.29, 0.717) is 38.5 Å². The van der Waals surface area contributed by atoms with Crippen molar-refractivity contribution >= 4 is 5.97 Å². The molecule has 7 rings (SSSR count). The molecule has 0 aromatic rings. The van der Waals surface area contributed by atoms with Crippen LogP contribution in [0.25, 0.3) is 0 Å². The highest BCUT2D eigenvalue weighted by atomic mass is 16.7. The van der Waals surface area contributed by atoms with Crippen LogP contribution in [0.2, 0.25) is 0 Å². The zero-order chi connectivity index (χ0) is 41.8. The zero-order valence-corrected chi connectivity index (χ0v) is 34.2. The van der Waals surface area contributed by atoms with Gasteiger partial charge in [0.15, 0.2) is 6.29 Å². The second kappa shape index (κ2) is 14.9. The predicted molar refractivity (Wildman–Crippen MR) is 200 cm³/mol. The maximum Gasteiger partial charge on any atom is 0.315 e. The fourth-order valence-corrected chi connectivity index (χ4v) is 13.8. The first-order chi connectivity index (χ1) is 26.6. The Balaban J connectivity index is 1.19. The number of fused-ring (bicyclic) bond motifs is 7. The first-order valence-electron chi connectivity index (χ1n) is 21.1. The molecule has 0 unspecified atom stereocenters. The van der Waals surface area contributed by atoms with E-state index in [9.17, 15) is 55.9 Å². The molecule has 7 aliphatic rings. The Kier molecular flexibility index (Phi) is 11.5. The van der Waals surface area contributed by atoms with E-state index in [2.05, 4.69) is 26.8 Å². The molecule has 2 aliphatic heterocycles. The summed E-state index contributed by atoms with van der Waals surface area (Å²) >= 11 is 0. The summed E-state index contributed by atoms with van der Waals surface area (Å²) in [5.41, 5.74) is -3.21. The van der Waals surface area contributed by atoms with Crippen molar-refractivity contribution in [3.63, 3.8) is 0 Å². The van der Waals surface area contributed by atoms with Crippen molar-refractivity contribution in [1.29, 1.82) is 0 Å². The van der Waals surface area contributed by atoms with Crippen LogP contribution < -0.4 is 0 Å². The first-order valence-corrected chi connectivity index (χ1v) is 21.1. The Morgan fingerprint density at radius 3 is 1.93 bits per heavy atom. The molecule has 15 nitrogen and oxygen atoms in total. The van der Waals surface area contributed by atoms with Crippen LogP contribution in [0.3, 0.4) is 0 Å². The molecule has 2 heterocycles. The minimum Gasteiger partial charge on any atom is -0.432 e. The van der Waals surface area contributed by atoms with E-state index in [1.54, 1.807) is 6.92 Å². The summed E-state index contributed by atoms with van der Waals surface area (Å²) in [6, 6.07) is 0. The molecule has 0 spiro atoms. The largest absolute Gasteiger partial charge is 0.432 e. The molecule has 2 saturated heterocycles. The summed E-state index contributed by atoms with van der Waals surface area (Å²) in [7, 11) is 0. The summed E-state index contributed by atoms with van der Waals surface area (Å²) in [5.74, 6) is -1.28. The second-order valence-electron chi connectivity index (χ2n) is 20.2. The van der Waals surface area contributed by atoms with Crippen LogP contribution in [-0.2, 0) is 23.7 Å². The highest BCUT2D eigenvalue weighted by Crippen LogP contribution is 2.76. The SMILES string of the molecule is C[C@@H]1CC[C@]2(C(=O)O[C@@H]3O[C@H](CO)[C@@H](O)[C@H](O)[C@H]3O)CC[C@]3(C)C(=CC[C@@H]4[C@@]5(C)CC[C@H](O[C@@H]6O[C@H](CO)[C@@H](O)[C@H](O)[C@H]6O)[C@@](C)(CO)[C@@H]5CC[C@]43C)[C@H]2[C@]1(C)O. The summed E-state index contributed by atoms with van der Waals surface area (Å²) in [6.45, 7) is 11.3. The number of rotatable bonds is 7. The van der Waals surface area contributed by atoms with Crippen molar-refractivity contribution in [1.82, 2.24) is 0 Å². The van der Waals surface area contributed by atoms with Gasteiger partial charge in [0.1, 0.15) is 48.8 Å². The molecule has 57 heavy (non-hydrogen) atoms. The fraction of sp³-hybridized carbons (Fsp3) is 0.929. The number of hydrogen-bond acceptors (Lipinski definition) is 15. The maximum absolute atomic E-state index is 14.6. The van der Waals surface area contributed by atoms with Crippen LogP contribution in [0, 0.1) is 50.7 Å². The van der Waals surface area contributed by atoms with Gasteiger partial charge in [0, 0.05) is 11.3 Å². The number of aliphatic hydroxyl groups excluding tert-OH is 9. The third kappa shape index (κ3) is 6.18. The van der Waals surface area contributed by atoms with Gasteiger partial charge in [-0.25, -0.2) is 0 Å². The van der Waals surface area contributed by atoms with E-state index >= 15 is 0 Å². The number of allylic oxidation sites excluding steroid dienone is 1. The highest BCUT2D eigenvalue weighted by Gasteiger charge is 2.72. The van der Waals surface area contributed by atoms with Gasteiger partial charge in [0.2, 0.25) is 6.29 Å². The van der Waals surface area contributed by atoms with Gasteiger partial charge >= 0.3 is 5.97 Å². The molecule has 0 aromatic carbocycles. The summed E-state index contributed by atoms with van der Waals surface area (Å²) in [4.78, 5) is 14.6. The molecule has 21 atom stereocenters. The number of esters is 1. The van der Waals surface area contributed by atoms with Crippen LogP contribution in [-0.4, -0.2) is 150 Å². The van der Waals surface area contributed by atoms with Gasteiger partial charge in [0.05, 0.1) is 36.9 Å². The van der Waals surface area contributed by atoms with Crippen molar-refractivity contribution in [2.45, 2.75) is 172 Å². The predicted octanol–water partition coefficient (Wildman–Crippen LogP) is 0.260. The molecule has 15 heteroatoms. The van der Waals surface area contributed by atoms with Gasteiger partial charge in [0.25, 0.3) is 0 Å². The molecule has 0 bridgehead atoms. The third-order valence-electron chi connectivity index (χ3n) is 17.8. The normalized spacial score (nSPS) is 56.4. The molecule has 326 valence electrons. The molecule has 0 radical (unpaired) electrons. The summed E-state index contributed by atoms with van der Waals surface area (Å²) in [6.07, 6.45) is -7.79. The lowest BCUT2D eigenvalue weighted by molar-refractivity contribution is -0.333. The molecule has 5 aliphatic carbocycles. The van der Waals surface area contributed by atoms with E-state index in [4.69, 9.17) is 18.9 Å². The Morgan fingerprint density at radius 2 is 1.33 bits per heavy atom. The van der Waals surface area contributed by atoms with E-state index in [-0.39, 0.29) is 35.2 Å². The second-order valence-corrected chi connectivity index (χ2v) is 20.2. The van der Waals surface area contributed by atoms with Crippen molar-refractivity contribution in [3.8, 4) is 0 Å². The van der Waals surface area contributed by atoms with Crippen LogP contribution in [0.4, 0.5) is 0 Å². The molecule has 0 amide bonds. The number of ether oxygens (including phenoxy) is 4. The smallest absolute Gasteiger partial charge is 0.315 e. The summed E-state index contributed by atoms with van der Waals surface area (Å²) in [5, 5.41) is 106. The maximum atomic E-state index is 14.6. The molecule has 4 saturated carbocycles. The number of aliphatic hydroxyl groups is 10. The van der Waals surface area contributed by atoms with Gasteiger partial charge in [-0.15, -0.1) is 0 Å². The van der Waals surface area contributed by atoms with Gasteiger partial charge in [-0.3, -0.25) is 4.79 Å². The zero-order valence-electron chi connectivity index (χ0n) is 34.2. The quantitative estimate of drug-likeness (QED) is 0.0940. The molecular weight excluding hydrogens is 744 g/mol. The third-order valence-corrected chi connectivity index (χ3v) is 17.8. The van der Waals surface area contributed by atoms with Crippen LogP contribution in [0.15, 0.2) is 11.6 Å². The van der Waals surface area contributed by atoms with Crippen LogP contribution in [0.5, 0.6) is 0 Å². The highest BCUT2D eigenvalue weighted by molar-refractivity contribution is 5.79. The Hall–Kier alpha value is -1.31. The number of carbonyl (C=O) groups is 1. The van der Waals surface area contributed by atoms with Crippen LogP contribution >= 0.6 is 0 Å². The minimum absolute atomic E-state index is 0.00994. The lowest BCUT2D eigenvalue weighted by Gasteiger charge is -2.72. The Morgan fingerprint density at radius 1 is 0.737 bits per heavy atom. The molecular formula is C42H68O15. The van der Waals surface area contributed by atoms with Crippen molar-refractivity contribution in [2.24, 2.45) is 50.7 Å². The Labute approximate surface area is 335 Å². The standard InChI is InChI=1S/C42H68O15/c1-20-9-14-42(36(52)57-35-32(51)30(49)28(47)23(18-44)55-35)16-15-39(4)21(33(42)41(20,6)53)7-8-25-37(2)12-11-26(38(3,19-45)24(37)10-13-40(25,39)5)56-34-31(50)29(48)27(46)22(17-43)54-34/h7,20,22-35,43-51,53H,8-19H2,1-6H3/t20-,22-,23-,24-,25-,26+,27-,28-,29+,30+,31-,32-,33+,34+,35+,37+,38+,39-,40-,41-,42+/m1/s1. The van der Waals surface area contributed by atoms with E-state index in [1.165, 1.54) is 0 Å². The lowest BCUT2D eigenvalue weighted by atomic mass is 9.33. The van der Waals surface area contributed by atoms with Crippen molar-refractivity contribution in [3.05, 3.63) is 11.6 Å². The van der Waals surface area contributed by atoms with E-state index in [0.717, 1.165) is 24.8 Å². The van der Waals surface area contributed by atoms with Gasteiger partial charge < -0.3 is 70.0 Å². The average Bonchev–Trinajstić information content (AvgIpc) is 3.17. The van der Waals surface area contributed by atoms with Gasteiger partial charge in [-0.05, 0) is 98.7 Å². The number of carbonyl (C=O) groups excluding carboxylic acids is 1. The molecule has 10 N–H and O–H groups in total. The average molecular weight is 813 g/mol. The van der Waals surface area contributed by atoms with Crippen molar-refractivity contribution in [2.75, 3.05) is 19.8 Å². The van der Waals surface area contributed by atoms with Gasteiger partial charge in [-0.2, -0.15) is 0 Å². The minimum atomic E-state index is -1.75.